The molecule has 0 radical (unpaired) electrons. The monoisotopic (exact) mass is 743 g/mol. The molecule has 1 aliphatic heterocycles. The number of nitrogens with one attached hydrogen (secondary N) is 2. The lowest BCUT2D eigenvalue weighted by atomic mass is 9.93. The molecule has 2 aliphatic rings. The molecule has 6 aromatic rings. The number of anilines is 7. The van der Waals surface area contributed by atoms with Gasteiger partial charge in [-0.05, 0) is 86.4 Å². The minimum absolute atomic E-state index is 0.0495. The van der Waals surface area contributed by atoms with Crippen LogP contribution in [0.25, 0.3) is 27.8 Å². The zero-order valence-electron chi connectivity index (χ0n) is 32.2. The molecule has 0 saturated heterocycles. The average molecular weight is 744 g/mol. The molecule has 56 heavy (non-hydrogen) atoms. The zero-order chi connectivity index (χ0) is 38.8. The maximum atomic E-state index is 6.28. The number of hydrogen-bond acceptors (Lipinski definition) is 9. The Morgan fingerprint density at radius 3 is 2.02 bits per heavy atom. The van der Waals surface area contributed by atoms with Crippen LogP contribution in [0, 0.1) is 6.92 Å². The Morgan fingerprint density at radius 1 is 0.661 bits per heavy atom. The Morgan fingerprint density at radius 2 is 1.27 bits per heavy atom. The van der Waals surface area contributed by atoms with Gasteiger partial charge in [-0.3, -0.25) is 0 Å². The van der Waals surface area contributed by atoms with Crippen molar-refractivity contribution in [1.82, 2.24) is 10.3 Å². The fourth-order valence-electron chi connectivity index (χ4n) is 7.87. The highest BCUT2D eigenvalue weighted by Crippen LogP contribution is 2.44. The Kier molecular flexibility index (Phi) is 10.2. The number of aliphatic imine (C=N–C) groups is 1. The summed E-state index contributed by atoms with van der Waals surface area (Å²) in [6.07, 6.45) is 11.5. The van der Waals surface area contributed by atoms with Crippen molar-refractivity contribution in [3.05, 3.63) is 126 Å². The van der Waals surface area contributed by atoms with E-state index in [4.69, 9.17) is 32.9 Å². The van der Waals surface area contributed by atoms with Gasteiger partial charge in [-0.15, -0.1) is 4.57 Å². The van der Waals surface area contributed by atoms with Crippen molar-refractivity contribution in [3.63, 3.8) is 0 Å². The van der Waals surface area contributed by atoms with E-state index in [9.17, 15) is 0 Å². The van der Waals surface area contributed by atoms with E-state index >= 15 is 0 Å². The highest BCUT2D eigenvalue weighted by atomic mass is 15.2. The predicted molar refractivity (Wildman–Crippen MR) is 235 cm³/mol. The standard InChI is InChI=1S/C46H50N10/c1-29-21-39-45(55(31-15-9-7-10-16-31)43-25-35(49)33(47)23-41(43)53-39)27-37(29)51-19-13-5-3-4-6-14-20-52-38-28-46-40(22-30(38)2)54-42-24-34(48)36(50)26-44(42)56(46)32-17-11-8-12-18-32/h7-12,15-18,21-28,45,51H,3-6,13-14,19-20H2,1-2H3,(H8,47,48,49,50,52,54)/p+1. The zero-order valence-corrected chi connectivity index (χ0v) is 32.2. The van der Waals surface area contributed by atoms with Crippen molar-refractivity contribution in [2.24, 2.45) is 4.99 Å². The van der Waals surface area contributed by atoms with E-state index in [0.717, 1.165) is 93.4 Å². The van der Waals surface area contributed by atoms with E-state index in [1.54, 1.807) is 0 Å². The largest absolute Gasteiger partial charge is 0.397 e. The molecule has 10 N–H and O–H groups in total. The molecule has 1 unspecified atom stereocenters. The second-order valence-corrected chi connectivity index (χ2v) is 14.9. The van der Waals surface area contributed by atoms with Gasteiger partial charge in [-0.1, -0.05) is 62.1 Å². The fraction of sp³-hybridized carbons (Fsp3) is 0.239. The Balaban J connectivity index is 0.842. The molecule has 1 aromatic heterocycles. The van der Waals surface area contributed by atoms with E-state index < -0.39 is 0 Å². The minimum atomic E-state index is -0.0495. The summed E-state index contributed by atoms with van der Waals surface area (Å²) >= 11 is 0. The highest BCUT2D eigenvalue weighted by molar-refractivity contribution is 6.11. The van der Waals surface area contributed by atoms with Crippen LogP contribution in [0.4, 0.5) is 45.5 Å². The molecule has 1 atom stereocenters. The number of hydrogen-bond donors (Lipinski definition) is 6. The van der Waals surface area contributed by atoms with Crippen LogP contribution in [0.15, 0.2) is 125 Å². The first-order chi connectivity index (χ1) is 27.2. The molecular formula is C46H51N10+. The number of aryl methyl sites for hydroxylation is 1. The first-order valence-corrected chi connectivity index (χ1v) is 19.7. The molecule has 284 valence electrons. The molecule has 5 aromatic carbocycles. The van der Waals surface area contributed by atoms with Gasteiger partial charge >= 0.3 is 0 Å². The van der Waals surface area contributed by atoms with E-state index in [2.05, 4.69) is 94.6 Å². The summed E-state index contributed by atoms with van der Waals surface area (Å²) in [6, 6.07) is 32.7. The minimum Gasteiger partial charge on any atom is -0.397 e. The quantitative estimate of drug-likeness (QED) is 0.0296. The SMILES string of the molecule is CC1=CC2=Nc3cc(N)c(N)cc3N(c3ccccc3)C2C=C1NCCCCCCCCNc1cc2c(cc1C)nc1cc(N)c(N)cc1[n+]2-c1ccccc1. The summed E-state index contributed by atoms with van der Waals surface area (Å²) < 4.78 is 2.23. The van der Waals surface area contributed by atoms with Gasteiger partial charge in [0.25, 0.3) is 0 Å². The number of nitrogen functional groups attached to an aromatic ring is 4. The predicted octanol–water partition coefficient (Wildman–Crippen LogP) is 8.78. The van der Waals surface area contributed by atoms with Crippen molar-refractivity contribution >= 4 is 73.3 Å². The molecule has 0 fully saturated rings. The Bertz CT molecular complexity index is 2510. The van der Waals surface area contributed by atoms with Crippen LogP contribution in [-0.2, 0) is 0 Å². The number of unbranched alkanes of at least 4 members (excludes halogenated alkanes) is 5. The molecule has 10 heteroatoms. The Hall–Kier alpha value is -6.55. The number of para-hydroxylation sites is 2. The van der Waals surface area contributed by atoms with Gasteiger partial charge in [0.1, 0.15) is 11.0 Å². The van der Waals surface area contributed by atoms with Crippen molar-refractivity contribution < 1.29 is 4.57 Å². The van der Waals surface area contributed by atoms with Crippen LogP contribution in [0.1, 0.15) is 51.0 Å². The van der Waals surface area contributed by atoms with E-state index in [1.807, 2.05) is 48.5 Å². The summed E-state index contributed by atoms with van der Waals surface area (Å²) in [6.45, 7) is 6.13. The maximum absolute atomic E-state index is 6.28. The Labute approximate surface area is 328 Å². The number of benzene rings is 5. The molecule has 8 rings (SSSR count). The van der Waals surface area contributed by atoms with Gasteiger partial charge in [-0.25, -0.2) is 9.98 Å². The van der Waals surface area contributed by atoms with Gasteiger partial charge in [0, 0.05) is 54.4 Å². The van der Waals surface area contributed by atoms with Crippen molar-refractivity contribution in [2.75, 3.05) is 46.2 Å². The first kappa shape index (κ1) is 36.4. The topological polar surface area (TPSA) is 161 Å². The average Bonchev–Trinajstić information content (AvgIpc) is 3.19. The van der Waals surface area contributed by atoms with Gasteiger partial charge in [0.15, 0.2) is 0 Å². The van der Waals surface area contributed by atoms with Crippen LogP contribution >= 0.6 is 0 Å². The third-order valence-corrected chi connectivity index (χ3v) is 10.9. The second kappa shape index (κ2) is 15.7. The molecule has 0 amide bonds. The van der Waals surface area contributed by atoms with Crippen LogP contribution in [0.2, 0.25) is 0 Å². The second-order valence-electron chi connectivity index (χ2n) is 14.9. The summed E-state index contributed by atoms with van der Waals surface area (Å²) in [4.78, 5) is 12.3. The fourth-order valence-corrected chi connectivity index (χ4v) is 7.87. The summed E-state index contributed by atoms with van der Waals surface area (Å²) in [7, 11) is 0. The lowest BCUT2D eigenvalue weighted by Crippen LogP contribution is -2.41. The lowest BCUT2D eigenvalue weighted by molar-refractivity contribution is -0.538. The number of nitrogens with zero attached hydrogens (tertiary/aromatic N) is 4. The molecule has 0 bridgehead atoms. The lowest BCUT2D eigenvalue weighted by Gasteiger charge is -2.38. The normalized spacial score (nSPS) is 14.9. The smallest absolute Gasteiger partial charge is 0.239 e. The van der Waals surface area contributed by atoms with Gasteiger partial charge < -0.3 is 38.5 Å². The molecule has 1 aliphatic carbocycles. The number of nitrogens with two attached hydrogens (primary N) is 4. The van der Waals surface area contributed by atoms with E-state index in [-0.39, 0.29) is 6.04 Å². The maximum Gasteiger partial charge on any atom is 0.239 e. The van der Waals surface area contributed by atoms with Crippen LogP contribution < -0.4 is 43.0 Å². The third-order valence-electron chi connectivity index (χ3n) is 10.9. The molecule has 2 heterocycles. The van der Waals surface area contributed by atoms with Crippen LogP contribution in [0.3, 0.4) is 0 Å². The first-order valence-electron chi connectivity index (χ1n) is 19.7. The van der Waals surface area contributed by atoms with Crippen molar-refractivity contribution in [3.8, 4) is 5.69 Å². The van der Waals surface area contributed by atoms with E-state index in [0.29, 0.717) is 22.7 Å². The summed E-state index contributed by atoms with van der Waals surface area (Å²) in [5, 5.41) is 7.45. The van der Waals surface area contributed by atoms with E-state index in [1.165, 1.54) is 31.3 Å². The van der Waals surface area contributed by atoms with Gasteiger partial charge in [0.2, 0.25) is 16.7 Å². The van der Waals surface area contributed by atoms with Gasteiger partial charge in [0.05, 0.1) is 45.9 Å². The summed E-state index contributed by atoms with van der Waals surface area (Å²) in [5.74, 6) is 0. The molecular weight excluding hydrogens is 693 g/mol. The van der Waals surface area contributed by atoms with Crippen molar-refractivity contribution in [1.29, 1.82) is 0 Å². The number of aromatic nitrogens is 2. The highest BCUT2D eigenvalue weighted by Gasteiger charge is 2.32. The molecule has 10 nitrogen and oxygen atoms in total. The van der Waals surface area contributed by atoms with Gasteiger partial charge in [-0.2, -0.15) is 0 Å². The number of rotatable bonds is 13. The number of fused-ring (bicyclic) bond motifs is 4. The number of allylic oxidation sites excluding steroid dienone is 1. The van der Waals surface area contributed by atoms with Crippen LogP contribution in [-0.4, -0.2) is 29.8 Å². The molecule has 0 saturated carbocycles. The third kappa shape index (κ3) is 7.30. The van der Waals surface area contributed by atoms with Crippen LogP contribution in [0.5, 0.6) is 0 Å². The van der Waals surface area contributed by atoms with Crippen molar-refractivity contribution in [2.45, 2.75) is 58.4 Å². The molecule has 0 spiro atoms. The summed E-state index contributed by atoms with van der Waals surface area (Å²) in [5.41, 5.74) is 40.3.